The van der Waals surface area contributed by atoms with Crippen molar-refractivity contribution in [3.8, 4) is 0 Å². The Balaban J connectivity index is 1.87. The average molecular weight is 248 g/mol. The van der Waals surface area contributed by atoms with Gasteiger partial charge in [0.2, 0.25) is 0 Å². The third-order valence-electron chi connectivity index (χ3n) is 3.24. The van der Waals surface area contributed by atoms with Crippen molar-refractivity contribution in [1.82, 2.24) is 0 Å². The molecule has 1 aromatic carbocycles. The molecule has 0 amide bonds. The van der Waals surface area contributed by atoms with Crippen molar-refractivity contribution in [3.63, 3.8) is 0 Å². The van der Waals surface area contributed by atoms with Gasteiger partial charge in [-0.1, -0.05) is 26.0 Å². The lowest BCUT2D eigenvalue weighted by molar-refractivity contribution is 0.0161. The third kappa shape index (κ3) is 3.33. The Labute approximate surface area is 108 Å². The van der Waals surface area contributed by atoms with Gasteiger partial charge < -0.3 is 9.47 Å². The first kappa shape index (κ1) is 13.1. The first-order valence-corrected chi connectivity index (χ1v) is 6.55. The molecule has 1 aliphatic heterocycles. The van der Waals surface area contributed by atoms with E-state index < -0.39 is 0 Å². The number of hydrogen-bond acceptors (Lipinski definition) is 3. The van der Waals surface area contributed by atoms with Crippen LogP contribution in [0.5, 0.6) is 0 Å². The van der Waals surface area contributed by atoms with Crippen LogP contribution in [0.4, 0.5) is 0 Å². The normalized spacial score (nSPS) is 19.2. The molecule has 0 spiro atoms. The van der Waals surface area contributed by atoms with E-state index in [0.29, 0.717) is 18.1 Å². The van der Waals surface area contributed by atoms with Gasteiger partial charge in [-0.15, -0.1) is 0 Å². The predicted octanol–water partition coefficient (Wildman–Crippen LogP) is 3.15. The van der Waals surface area contributed by atoms with Crippen LogP contribution in [-0.4, -0.2) is 25.3 Å². The van der Waals surface area contributed by atoms with E-state index in [1.54, 1.807) is 0 Å². The molecule has 0 bridgehead atoms. The molecule has 3 nitrogen and oxygen atoms in total. The van der Waals surface area contributed by atoms with Crippen molar-refractivity contribution in [1.29, 1.82) is 0 Å². The van der Waals surface area contributed by atoms with Gasteiger partial charge >= 0.3 is 5.97 Å². The lowest BCUT2D eigenvalue weighted by Gasteiger charge is -2.11. The van der Waals surface area contributed by atoms with E-state index in [-0.39, 0.29) is 12.1 Å². The number of carbonyl (C=O) groups excluding carboxylic acids is 1. The minimum atomic E-state index is -0.263. The lowest BCUT2D eigenvalue weighted by Crippen LogP contribution is -2.17. The molecule has 1 atom stereocenters. The molecule has 1 saturated heterocycles. The number of benzene rings is 1. The number of esters is 1. The van der Waals surface area contributed by atoms with Crippen LogP contribution in [0.15, 0.2) is 24.3 Å². The van der Waals surface area contributed by atoms with E-state index in [1.165, 1.54) is 5.56 Å². The zero-order valence-corrected chi connectivity index (χ0v) is 11.0. The van der Waals surface area contributed by atoms with Crippen molar-refractivity contribution < 1.29 is 14.3 Å². The smallest absolute Gasteiger partial charge is 0.338 e. The van der Waals surface area contributed by atoms with Crippen molar-refractivity contribution >= 4 is 5.97 Å². The highest BCUT2D eigenvalue weighted by molar-refractivity contribution is 5.89. The van der Waals surface area contributed by atoms with E-state index in [9.17, 15) is 4.79 Å². The molecule has 2 rings (SSSR count). The van der Waals surface area contributed by atoms with Gasteiger partial charge in [-0.05, 0) is 36.5 Å². The SMILES string of the molecule is CC(C)c1ccc(C(=O)OC[C@@H]2CCCO2)cc1. The van der Waals surface area contributed by atoms with Crippen molar-refractivity contribution in [3.05, 3.63) is 35.4 Å². The molecule has 1 aliphatic rings. The summed E-state index contributed by atoms with van der Waals surface area (Å²) < 4.78 is 10.7. The minimum absolute atomic E-state index is 0.0869. The molecule has 3 heteroatoms. The number of rotatable bonds is 4. The Hall–Kier alpha value is -1.35. The predicted molar refractivity (Wildman–Crippen MR) is 69.8 cm³/mol. The second kappa shape index (κ2) is 6.01. The number of carbonyl (C=O) groups is 1. The summed E-state index contributed by atoms with van der Waals surface area (Å²) in [6.45, 7) is 5.41. The molecule has 0 aliphatic carbocycles. The maximum absolute atomic E-state index is 11.8. The van der Waals surface area contributed by atoms with Gasteiger partial charge in [0.1, 0.15) is 6.61 Å². The fraction of sp³-hybridized carbons (Fsp3) is 0.533. The fourth-order valence-electron chi connectivity index (χ4n) is 2.03. The van der Waals surface area contributed by atoms with Crippen LogP contribution in [0, 0.1) is 0 Å². The van der Waals surface area contributed by atoms with Crippen LogP contribution in [0.3, 0.4) is 0 Å². The molecule has 1 heterocycles. The molecule has 18 heavy (non-hydrogen) atoms. The Morgan fingerprint density at radius 1 is 1.39 bits per heavy atom. The maximum Gasteiger partial charge on any atom is 0.338 e. The van der Waals surface area contributed by atoms with Crippen LogP contribution in [0.2, 0.25) is 0 Å². The van der Waals surface area contributed by atoms with Crippen LogP contribution >= 0.6 is 0 Å². The first-order chi connectivity index (χ1) is 8.66. The molecule has 1 aromatic rings. The number of ether oxygens (including phenoxy) is 2. The van der Waals surface area contributed by atoms with Gasteiger partial charge in [-0.25, -0.2) is 4.79 Å². The van der Waals surface area contributed by atoms with Gasteiger partial charge in [0, 0.05) is 6.61 Å². The van der Waals surface area contributed by atoms with Crippen LogP contribution in [0.25, 0.3) is 0 Å². The highest BCUT2D eigenvalue weighted by Crippen LogP contribution is 2.16. The van der Waals surface area contributed by atoms with Crippen molar-refractivity contribution in [2.24, 2.45) is 0 Å². The zero-order valence-electron chi connectivity index (χ0n) is 11.0. The second-order valence-corrected chi connectivity index (χ2v) is 5.01. The summed E-state index contributed by atoms with van der Waals surface area (Å²) in [6.07, 6.45) is 2.13. The van der Waals surface area contributed by atoms with E-state index in [4.69, 9.17) is 9.47 Å². The molecule has 0 unspecified atom stereocenters. The van der Waals surface area contributed by atoms with Crippen LogP contribution < -0.4 is 0 Å². The molecule has 0 radical (unpaired) electrons. The average Bonchev–Trinajstić information content (AvgIpc) is 2.89. The Morgan fingerprint density at radius 2 is 2.11 bits per heavy atom. The molecule has 0 saturated carbocycles. The Bertz CT molecular complexity index is 389. The summed E-state index contributed by atoms with van der Waals surface area (Å²) >= 11 is 0. The summed E-state index contributed by atoms with van der Waals surface area (Å²) in [4.78, 5) is 11.8. The first-order valence-electron chi connectivity index (χ1n) is 6.55. The van der Waals surface area contributed by atoms with Crippen molar-refractivity contribution in [2.45, 2.75) is 38.7 Å². The molecule has 0 N–H and O–H groups in total. The molecule has 98 valence electrons. The molecule has 0 aromatic heterocycles. The van der Waals surface area contributed by atoms with Gasteiger partial charge in [-0.3, -0.25) is 0 Å². The molecular weight excluding hydrogens is 228 g/mol. The Morgan fingerprint density at radius 3 is 2.67 bits per heavy atom. The summed E-state index contributed by atoms with van der Waals surface area (Å²) in [5.41, 5.74) is 1.84. The fourth-order valence-corrected chi connectivity index (χ4v) is 2.03. The maximum atomic E-state index is 11.8. The molecule has 1 fully saturated rings. The lowest BCUT2D eigenvalue weighted by atomic mass is 10.0. The third-order valence-corrected chi connectivity index (χ3v) is 3.24. The second-order valence-electron chi connectivity index (χ2n) is 5.01. The van der Waals surface area contributed by atoms with E-state index in [2.05, 4.69) is 13.8 Å². The van der Waals surface area contributed by atoms with E-state index >= 15 is 0 Å². The van der Waals surface area contributed by atoms with Gasteiger partial charge in [0.15, 0.2) is 0 Å². The largest absolute Gasteiger partial charge is 0.459 e. The van der Waals surface area contributed by atoms with E-state index in [0.717, 1.165) is 19.4 Å². The van der Waals surface area contributed by atoms with Crippen molar-refractivity contribution in [2.75, 3.05) is 13.2 Å². The number of hydrogen-bond donors (Lipinski definition) is 0. The summed E-state index contributed by atoms with van der Waals surface area (Å²) in [6, 6.07) is 7.61. The summed E-state index contributed by atoms with van der Waals surface area (Å²) in [7, 11) is 0. The van der Waals surface area contributed by atoms with Gasteiger partial charge in [-0.2, -0.15) is 0 Å². The highest BCUT2D eigenvalue weighted by Gasteiger charge is 2.18. The van der Waals surface area contributed by atoms with Crippen LogP contribution in [-0.2, 0) is 9.47 Å². The monoisotopic (exact) mass is 248 g/mol. The van der Waals surface area contributed by atoms with Crippen LogP contribution in [0.1, 0.15) is 48.5 Å². The quantitative estimate of drug-likeness (QED) is 0.768. The molecular formula is C15H20O3. The minimum Gasteiger partial charge on any atom is -0.459 e. The van der Waals surface area contributed by atoms with E-state index in [1.807, 2.05) is 24.3 Å². The highest BCUT2D eigenvalue weighted by atomic mass is 16.6. The topological polar surface area (TPSA) is 35.5 Å². The standard InChI is InChI=1S/C15H20O3/c1-11(2)12-5-7-13(8-6-12)15(16)18-10-14-4-3-9-17-14/h5-8,11,14H,3-4,9-10H2,1-2H3/t14-/m0/s1. The zero-order chi connectivity index (χ0) is 13.0. The summed E-state index contributed by atoms with van der Waals surface area (Å²) in [5, 5.41) is 0. The summed E-state index contributed by atoms with van der Waals surface area (Å²) in [5.74, 6) is 0.211. The van der Waals surface area contributed by atoms with Gasteiger partial charge in [0.25, 0.3) is 0 Å². The van der Waals surface area contributed by atoms with Gasteiger partial charge in [0.05, 0.1) is 11.7 Å². The Kier molecular flexibility index (Phi) is 4.37.